The molecule has 20 heavy (non-hydrogen) atoms. The smallest absolute Gasteiger partial charge is 0.493 e. The maximum Gasteiger partial charge on any atom is 0.496 e. The monoisotopic (exact) mass is 273 g/mol. The maximum absolute atomic E-state index is 9.41. The van der Waals surface area contributed by atoms with Gasteiger partial charge in [-0.05, 0) is 40.7 Å². The van der Waals surface area contributed by atoms with Crippen LogP contribution in [0.15, 0.2) is 18.2 Å². The van der Waals surface area contributed by atoms with Crippen molar-refractivity contribution in [1.82, 2.24) is 0 Å². The lowest BCUT2D eigenvalue weighted by molar-refractivity contribution is 0.00578. The summed E-state index contributed by atoms with van der Waals surface area (Å²) in [6.07, 6.45) is 0. The Morgan fingerprint density at radius 2 is 1.80 bits per heavy atom. The van der Waals surface area contributed by atoms with Gasteiger partial charge in [-0.15, -0.1) is 0 Å². The Kier molecular flexibility index (Phi) is 3.81. The summed E-state index contributed by atoms with van der Waals surface area (Å²) in [5.74, 6) is 0.571. The molecular formula is C15H20BNO3. The molecule has 0 saturated carbocycles. The van der Waals surface area contributed by atoms with Crippen molar-refractivity contribution in [3.8, 4) is 11.8 Å². The van der Waals surface area contributed by atoms with Crippen LogP contribution in [0.2, 0.25) is 0 Å². The first-order valence-corrected chi connectivity index (χ1v) is 6.84. The molecule has 4 nitrogen and oxygen atoms in total. The lowest BCUT2D eigenvalue weighted by atomic mass is 9.76. The molecule has 0 N–H and O–H groups in total. The van der Waals surface area contributed by atoms with Gasteiger partial charge in [0.25, 0.3) is 0 Å². The number of hydrogen-bond donors (Lipinski definition) is 0. The molecule has 0 spiro atoms. The van der Waals surface area contributed by atoms with Crippen molar-refractivity contribution in [2.75, 3.05) is 6.61 Å². The van der Waals surface area contributed by atoms with E-state index < -0.39 is 18.3 Å². The standard InChI is InChI=1S/C15H20BNO3/c1-6-18-13-9-7-8-12(11(13)10-17)16-19-14(2,3)15(4,5)20-16/h7-9H,6H2,1-5H3. The van der Waals surface area contributed by atoms with Gasteiger partial charge in [-0.25, -0.2) is 0 Å². The summed E-state index contributed by atoms with van der Waals surface area (Å²) in [6, 6.07) is 7.69. The van der Waals surface area contributed by atoms with Gasteiger partial charge in [-0.3, -0.25) is 0 Å². The highest BCUT2D eigenvalue weighted by atomic mass is 16.7. The largest absolute Gasteiger partial charge is 0.496 e. The van der Waals surface area contributed by atoms with Crippen molar-refractivity contribution < 1.29 is 14.0 Å². The second kappa shape index (κ2) is 5.12. The van der Waals surface area contributed by atoms with Crippen LogP contribution in [0.5, 0.6) is 5.75 Å². The first-order valence-electron chi connectivity index (χ1n) is 6.84. The Bertz CT molecular complexity index is 533. The fraction of sp³-hybridized carbons (Fsp3) is 0.533. The molecule has 0 atom stereocenters. The van der Waals surface area contributed by atoms with Crippen LogP contribution >= 0.6 is 0 Å². The molecule has 1 heterocycles. The third kappa shape index (κ3) is 2.42. The van der Waals surface area contributed by atoms with Crippen LogP contribution in [0.1, 0.15) is 40.2 Å². The average molecular weight is 273 g/mol. The molecule has 1 aliphatic rings. The molecule has 1 aromatic rings. The quantitative estimate of drug-likeness (QED) is 0.793. The summed E-state index contributed by atoms with van der Waals surface area (Å²) in [5, 5.41) is 9.41. The van der Waals surface area contributed by atoms with Crippen molar-refractivity contribution in [3.05, 3.63) is 23.8 Å². The molecule has 1 fully saturated rings. The molecule has 5 heteroatoms. The van der Waals surface area contributed by atoms with Crippen molar-refractivity contribution in [3.63, 3.8) is 0 Å². The van der Waals surface area contributed by atoms with Crippen molar-refractivity contribution >= 4 is 12.6 Å². The van der Waals surface area contributed by atoms with E-state index >= 15 is 0 Å². The van der Waals surface area contributed by atoms with Crippen LogP contribution in [0, 0.1) is 11.3 Å². The molecule has 0 aromatic heterocycles. The fourth-order valence-electron chi connectivity index (χ4n) is 2.11. The van der Waals surface area contributed by atoms with Gasteiger partial charge in [-0.2, -0.15) is 5.26 Å². The zero-order valence-corrected chi connectivity index (χ0v) is 12.7. The molecule has 106 valence electrons. The fourth-order valence-corrected chi connectivity index (χ4v) is 2.11. The summed E-state index contributed by atoms with van der Waals surface area (Å²) in [6.45, 7) is 10.4. The number of hydrogen-bond acceptors (Lipinski definition) is 4. The summed E-state index contributed by atoms with van der Waals surface area (Å²) < 4.78 is 17.5. The van der Waals surface area contributed by atoms with Gasteiger partial charge < -0.3 is 14.0 Å². The number of ether oxygens (including phenoxy) is 1. The van der Waals surface area contributed by atoms with Crippen molar-refractivity contribution in [1.29, 1.82) is 5.26 Å². The van der Waals surface area contributed by atoms with Crippen LogP contribution in [0.4, 0.5) is 0 Å². The summed E-state index contributed by atoms with van der Waals surface area (Å²) in [5.41, 5.74) is 0.350. The number of nitriles is 1. The second-order valence-corrected chi connectivity index (χ2v) is 5.85. The minimum atomic E-state index is -0.546. The number of nitrogens with zero attached hydrogens (tertiary/aromatic N) is 1. The van der Waals surface area contributed by atoms with Gasteiger partial charge in [0.05, 0.1) is 23.4 Å². The highest BCUT2D eigenvalue weighted by Gasteiger charge is 2.52. The van der Waals surface area contributed by atoms with E-state index in [2.05, 4.69) is 6.07 Å². The number of benzene rings is 1. The van der Waals surface area contributed by atoms with Gasteiger partial charge in [0.15, 0.2) is 0 Å². The summed E-state index contributed by atoms with van der Waals surface area (Å²) >= 11 is 0. The van der Waals surface area contributed by atoms with E-state index in [9.17, 15) is 5.26 Å². The topological polar surface area (TPSA) is 51.5 Å². The Labute approximate surface area is 120 Å². The lowest BCUT2D eigenvalue weighted by Crippen LogP contribution is -2.41. The Morgan fingerprint density at radius 1 is 1.20 bits per heavy atom. The van der Waals surface area contributed by atoms with E-state index in [1.54, 1.807) is 6.07 Å². The molecule has 0 bridgehead atoms. The normalized spacial score (nSPS) is 19.7. The van der Waals surface area contributed by atoms with E-state index in [0.29, 0.717) is 17.9 Å². The van der Waals surface area contributed by atoms with Gasteiger partial charge in [0, 0.05) is 5.46 Å². The molecule has 1 aromatic carbocycles. The van der Waals surface area contributed by atoms with Gasteiger partial charge in [0.1, 0.15) is 11.8 Å². The van der Waals surface area contributed by atoms with Crippen LogP contribution < -0.4 is 10.2 Å². The first-order chi connectivity index (χ1) is 9.32. The van der Waals surface area contributed by atoms with E-state index in [4.69, 9.17) is 14.0 Å². The van der Waals surface area contributed by atoms with E-state index in [-0.39, 0.29) is 0 Å². The molecular weight excluding hydrogens is 253 g/mol. The molecule has 2 rings (SSSR count). The Balaban J connectivity index is 2.41. The van der Waals surface area contributed by atoms with E-state index in [0.717, 1.165) is 5.46 Å². The molecule has 0 aliphatic carbocycles. The van der Waals surface area contributed by atoms with Crippen molar-refractivity contribution in [2.24, 2.45) is 0 Å². The molecule has 0 unspecified atom stereocenters. The summed E-state index contributed by atoms with van der Waals surface area (Å²) in [4.78, 5) is 0. The second-order valence-electron chi connectivity index (χ2n) is 5.85. The average Bonchev–Trinajstić information content (AvgIpc) is 2.58. The predicted octanol–water partition coefficient (Wildman–Crippen LogP) is 2.26. The zero-order chi connectivity index (χ0) is 15.0. The van der Waals surface area contributed by atoms with Crippen LogP contribution in [0.3, 0.4) is 0 Å². The SMILES string of the molecule is CCOc1cccc(B2OC(C)(C)C(C)(C)O2)c1C#N. The maximum atomic E-state index is 9.41. The Hall–Kier alpha value is -1.51. The molecule has 0 radical (unpaired) electrons. The third-order valence-corrected chi connectivity index (χ3v) is 3.98. The van der Waals surface area contributed by atoms with E-state index in [1.165, 1.54) is 0 Å². The van der Waals surface area contributed by atoms with Crippen molar-refractivity contribution in [2.45, 2.75) is 45.8 Å². The van der Waals surface area contributed by atoms with Crippen LogP contribution in [-0.2, 0) is 9.31 Å². The predicted molar refractivity (Wildman–Crippen MR) is 78.0 cm³/mol. The third-order valence-electron chi connectivity index (χ3n) is 3.98. The number of rotatable bonds is 3. The van der Waals surface area contributed by atoms with Gasteiger partial charge >= 0.3 is 7.12 Å². The summed E-state index contributed by atoms with van der Waals surface area (Å²) in [7, 11) is -0.546. The minimum absolute atomic E-state index is 0.425. The van der Waals surface area contributed by atoms with Crippen LogP contribution in [-0.4, -0.2) is 24.9 Å². The molecule has 1 saturated heterocycles. The highest BCUT2D eigenvalue weighted by molar-refractivity contribution is 6.63. The first kappa shape index (κ1) is 14.9. The Morgan fingerprint density at radius 3 is 2.30 bits per heavy atom. The van der Waals surface area contributed by atoms with Gasteiger partial charge in [0.2, 0.25) is 0 Å². The van der Waals surface area contributed by atoms with Gasteiger partial charge in [-0.1, -0.05) is 12.1 Å². The molecule has 0 amide bonds. The zero-order valence-electron chi connectivity index (χ0n) is 12.7. The highest BCUT2D eigenvalue weighted by Crippen LogP contribution is 2.37. The van der Waals surface area contributed by atoms with Crippen LogP contribution in [0.25, 0.3) is 0 Å². The minimum Gasteiger partial charge on any atom is -0.493 e. The van der Waals surface area contributed by atoms with E-state index in [1.807, 2.05) is 46.8 Å². The lowest BCUT2D eigenvalue weighted by Gasteiger charge is -2.32. The molecule has 1 aliphatic heterocycles.